The third kappa shape index (κ3) is 7.57. The summed E-state index contributed by atoms with van der Waals surface area (Å²) in [5, 5.41) is 18.8. The zero-order chi connectivity index (χ0) is 28.6. The van der Waals surface area contributed by atoms with Crippen molar-refractivity contribution in [1.82, 2.24) is 40.3 Å². The summed E-state index contributed by atoms with van der Waals surface area (Å²) in [4.78, 5) is 28.1. The van der Waals surface area contributed by atoms with Crippen LogP contribution in [0.4, 0.5) is 0 Å². The predicted molar refractivity (Wildman–Crippen MR) is 154 cm³/mol. The Bertz CT molecular complexity index is 1470. The highest BCUT2D eigenvalue weighted by Crippen LogP contribution is 2.21. The lowest BCUT2D eigenvalue weighted by molar-refractivity contribution is -0.122. The minimum atomic E-state index is -0.686. The molecule has 0 unspecified atom stereocenters. The number of benzene rings is 2. The molecule has 0 radical (unpaired) electrons. The molecule has 0 saturated carbocycles. The fraction of sp³-hybridized carbons (Fsp3) is 0.367. The Labute approximate surface area is 239 Å². The summed E-state index contributed by atoms with van der Waals surface area (Å²) < 4.78 is 9.67. The van der Waals surface area contributed by atoms with E-state index in [0.717, 1.165) is 35.5 Å². The van der Waals surface area contributed by atoms with Gasteiger partial charge in [0.05, 0.1) is 23.6 Å². The Balaban J connectivity index is 1.31. The van der Waals surface area contributed by atoms with E-state index in [1.807, 2.05) is 59.0 Å². The molecule has 0 saturated heterocycles. The van der Waals surface area contributed by atoms with Gasteiger partial charge in [-0.25, -0.2) is 4.68 Å². The Kier molecular flexibility index (Phi) is 9.05. The molecule has 2 N–H and O–H groups in total. The molecule has 1 aliphatic heterocycles. The fourth-order valence-electron chi connectivity index (χ4n) is 4.79. The molecular formula is C30H36N8O3. The van der Waals surface area contributed by atoms with E-state index in [1.54, 1.807) is 19.2 Å². The van der Waals surface area contributed by atoms with Crippen LogP contribution in [0.15, 0.2) is 67.1 Å². The topological polar surface area (TPSA) is 119 Å². The van der Waals surface area contributed by atoms with Gasteiger partial charge in [0.15, 0.2) is 0 Å². The van der Waals surface area contributed by atoms with Crippen molar-refractivity contribution in [2.75, 3.05) is 19.7 Å². The Morgan fingerprint density at radius 2 is 1.98 bits per heavy atom. The minimum Gasteiger partial charge on any atom is -0.493 e. The molecule has 11 nitrogen and oxygen atoms in total. The van der Waals surface area contributed by atoms with E-state index in [2.05, 4.69) is 43.1 Å². The first-order valence-electron chi connectivity index (χ1n) is 14.0. The number of aryl methyl sites for hydroxylation is 2. The van der Waals surface area contributed by atoms with Crippen molar-refractivity contribution >= 4 is 11.8 Å². The van der Waals surface area contributed by atoms with Crippen LogP contribution in [0.5, 0.6) is 5.75 Å². The molecule has 1 aliphatic rings. The fourth-order valence-corrected chi connectivity index (χ4v) is 4.79. The monoisotopic (exact) mass is 556 g/mol. The summed E-state index contributed by atoms with van der Waals surface area (Å²) in [6, 6.07) is 14.9. The maximum atomic E-state index is 13.0. The van der Waals surface area contributed by atoms with Gasteiger partial charge in [-0.2, -0.15) is 5.10 Å². The van der Waals surface area contributed by atoms with Gasteiger partial charge in [-0.1, -0.05) is 23.4 Å². The average molecular weight is 557 g/mol. The third-order valence-corrected chi connectivity index (χ3v) is 6.92. The number of amides is 2. The molecule has 2 aromatic heterocycles. The molecule has 1 atom stereocenters. The van der Waals surface area contributed by atoms with E-state index in [-0.39, 0.29) is 11.8 Å². The maximum absolute atomic E-state index is 13.0. The maximum Gasteiger partial charge on any atom is 0.255 e. The number of carbonyl (C=O) groups excluding carboxylic acids is 2. The van der Waals surface area contributed by atoms with Crippen molar-refractivity contribution in [3.8, 4) is 11.4 Å². The first-order chi connectivity index (χ1) is 19.9. The molecule has 214 valence electrons. The molecule has 3 heterocycles. The molecule has 11 heteroatoms. The number of hydrogen-bond acceptors (Lipinski definition) is 7. The number of hydrogen-bond donors (Lipinski definition) is 2. The molecular weight excluding hydrogens is 520 g/mol. The van der Waals surface area contributed by atoms with Gasteiger partial charge in [0.2, 0.25) is 5.91 Å². The molecule has 2 bridgehead atoms. The van der Waals surface area contributed by atoms with E-state index in [0.29, 0.717) is 50.5 Å². The lowest BCUT2D eigenvalue weighted by atomic mass is 10.1. The Morgan fingerprint density at radius 3 is 2.83 bits per heavy atom. The van der Waals surface area contributed by atoms with E-state index in [1.165, 1.54) is 0 Å². The van der Waals surface area contributed by atoms with Gasteiger partial charge < -0.3 is 15.4 Å². The highest BCUT2D eigenvalue weighted by Gasteiger charge is 2.20. The van der Waals surface area contributed by atoms with Gasteiger partial charge >= 0.3 is 0 Å². The van der Waals surface area contributed by atoms with E-state index >= 15 is 0 Å². The van der Waals surface area contributed by atoms with Crippen LogP contribution in [0.25, 0.3) is 5.69 Å². The molecule has 2 aromatic carbocycles. The second kappa shape index (κ2) is 13.2. The highest BCUT2D eigenvalue weighted by atomic mass is 16.5. The van der Waals surface area contributed by atoms with Crippen molar-refractivity contribution in [2.24, 2.45) is 0 Å². The lowest BCUT2D eigenvalue weighted by Crippen LogP contribution is -2.45. The van der Waals surface area contributed by atoms with Crippen molar-refractivity contribution < 1.29 is 14.3 Å². The van der Waals surface area contributed by atoms with Gasteiger partial charge in [0, 0.05) is 57.7 Å². The summed E-state index contributed by atoms with van der Waals surface area (Å²) in [6.45, 7) is 7.22. The molecule has 0 aliphatic carbocycles. The van der Waals surface area contributed by atoms with Crippen LogP contribution in [0, 0.1) is 6.92 Å². The van der Waals surface area contributed by atoms with Crippen LogP contribution in [0.2, 0.25) is 0 Å². The molecule has 2 amide bonds. The summed E-state index contributed by atoms with van der Waals surface area (Å²) in [6.07, 6.45) is 7.08. The lowest BCUT2D eigenvalue weighted by Gasteiger charge is -2.22. The van der Waals surface area contributed by atoms with Crippen LogP contribution in [0.1, 0.15) is 46.9 Å². The van der Waals surface area contributed by atoms with Crippen molar-refractivity contribution in [2.45, 2.75) is 52.4 Å². The van der Waals surface area contributed by atoms with Crippen LogP contribution in [0.3, 0.4) is 0 Å². The largest absolute Gasteiger partial charge is 0.493 e. The first-order valence-corrected chi connectivity index (χ1v) is 14.0. The number of fused-ring (bicyclic) bond motifs is 3. The number of ether oxygens (including phenoxy) is 1. The zero-order valence-electron chi connectivity index (χ0n) is 23.5. The van der Waals surface area contributed by atoms with Gasteiger partial charge in [0.1, 0.15) is 11.8 Å². The number of rotatable bonds is 3. The SMILES string of the molecule is Cc1ccc2c(c1)OCCCn1cc(nn1)CN(Cc1cccc(-n3cccn3)c1)CCCNC(=O)[C@@H](C)NC2=O. The number of aromatic nitrogens is 5. The van der Waals surface area contributed by atoms with Gasteiger partial charge in [0.25, 0.3) is 5.91 Å². The first kappa shape index (κ1) is 28.0. The summed E-state index contributed by atoms with van der Waals surface area (Å²) in [5.41, 5.74) is 4.41. The van der Waals surface area contributed by atoms with Crippen LogP contribution >= 0.6 is 0 Å². The third-order valence-electron chi connectivity index (χ3n) is 6.92. The van der Waals surface area contributed by atoms with E-state index in [9.17, 15) is 9.59 Å². The molecule has 0 fully saturated rings. The van der Waals surface area contributed by atoms with Crippen molar-refractivity contribution in [1.29, 1.82) is 0 Å². The zero-order valence-corrected chi connectivity index (χ0v) is 23.5. The van der Waals surface area contributed by atoms with Crippen molar-refractivity contribution in [3.63, 3.8) is 0 Å². The minimum absolute atomic E-state index is 0.229. The summed E-state index contributed by atoms with van der Waals surface area (Å²) >= 11 is 0. The Hall–Kier alpha value is -4.51. The number of carbonyl (C=O) groups is 2. The number of nitrogens with one attached hydrogen (secondary N) is 2. The normalized spacial score (nSPS) is 17.8. The molecule has 5 rings (SSSR count). The van der Waals surface area contributed by atoms with E-state index < -0.39 is 6.04 Å². The molecule has 41 heavy (non-hydrogen) atoms. The van der Waals surface area contributed by atoms with Gasteiger partial charge in [-0.05, 0) is 61.7 Å². The second-order valence-electron chi connectivity index (χ2n) is 10.3. The smallest absolute Gasteiger partial charge is 0.255 e. The highest BCUT2D eigenvalue weighted by molar-refractivity contribution is 5.99. The standard InChI is InChI=1S/C30H36N8O3/c1-22-9-10-27-28(17-22)41-16-6-14-37-21-25(34-35-37)20-36(13-4-11-31-29(39)23(2)33-30(27)40)19-24-7-3-8-26(18-24)38-15-5-12-32-38/h3,5,7-10,12,15,17-18,21,23H,4,6,11,13-14,16,19-20H2,1-2H3,(H,31,39)(H,33,40)/t23-/m1/s1. The van der Waals surface area contributed by atoms with Gasteiger partial charge in [-0.15, -0.1) is 5.10 Å². The van der Waals surface area contributed by atoms with Crippen molar-refractivity contribution in [3.05, 3.63) is 89.5 Å². The number of nitrogens with zero attached hydrogens (tertiary/aromatic N) is 6. The van der Waals surface area contributed by atoms with Crippen LogP contribution in [-0.4, -0.2) is 67.2 Å². The second-order valence-corrected chi connectivity index (χ2v) is 10.3. The average Bonchev–Trinajstić information content (AvgIpc) is 3.66. The summed E-state index contributed by atoms with van der Waals surface area (Å²) in [7, 11) is 0. The van der Waals surface area contributed by atoms with E-state index in [4.69, 9.17) is 4.74 Å². The van der Waals surface area contributed by atoms with Crippen LogP contribution in [-0.2, 0) is 24.4 Å². The van der Waals surface area contributed by atoms with Crippen LogP contribution < -0.4 is 15.4 Å². The quantitative estimate of drug-likeness (QED) is 0.398. The predicted octanol–water partition coefficient (Wildman–Crippen LogP) is 2.88. The summed E-state index contributed by atoms with van der Waals surface area (Å²) in [5.74, 6) is -0.0724. The molecule has 4 aromatic rings. The Morgan fingerprint density at radius 1 is 1.07 bits per heavy atom. The van der Waals surface area contributed by atoms with Gasteiger partial charge in [-0.3, -0.25) is 19.2 Å². The molecule has 0 spiro atoms.